The summed E-state index contributed by atoms with van der Waals surface area (Å²) in [4.78, 5) is 36.5. The molecule has 1 aliphatic rings. The molecule has 0 spiro atoms. The zero-order valence-electron chi connectivity index (χ0n) is 11.8. The molecule has 112 valence electrons. The van der Waals surface area contributed by atoms with Crippen LogP contribution in [0.5, 0.6) is 0 Å². The maximum Gasteiger partial charge on any atom is 0.356 e. The number of aromatic carboxylic acids is 1. The highest BCUT2D eigenvalue weighted by Gasteiger charge is 2.34. The summed E-state index contributed by atoms with van der Waals surface area (Å²) >= 11 is 0. The van der Waals surface area contributed by atoms with E-state index >= 15 is 0 Å². The standard InChI is InChI=1S/C15H13N3O4/c1-17-9(8-12(16-17)15(21)22)6-7-18-13(19)10-4-2-3-5-11(10)14(18)20/h2-5,8H,6-7H2,1H3,(H,21,22). The number of hydrogen-bond acceptors (Lipinski definition) is 4. The van der Waals surface area contributed by atoms with Crippen LogP contribution in [-0.4, -0.2) is 44.1 Å². The van der Waals surface area contributed by atoms with Gasteiger partial charge in [0.05, 0.1) is 11.1 Å². The van der Waals surface area contributed by atoms with Gasteiger partial charge in [-0.05, 0) is 18.2 Å². The van der Waals surface area contributed by atoms with Crippen LogP contribution in [0.1, 0.15) is 36.9 Å². The number of rotatable bonds is 4. The highest BCUT2D eigenvalue weighted by molar-refractivity contribution is 6.21. The molecule has 1 aliphatic heterocycles. The van der Waals surface area contributed by atoms with Crippen molar-refractivity contribution >= 4 is 17.8 Å². The molecule has 22 heavy (non-hydrogen) atoms. The van der Waals surface area contributed by atoms with Crippen LogP contribution in [0.3, 0.4) is 0 Å². The number of aryl methyl sites for hydroxylation is 1. The molecule has 7 heteroatoms. The van der Waals surface area contributed by atoms with Gasteiger partial charge in [0.25, 0.3) is 11.8 Å². The van der Waals surface area contributed by atoms with Crippen molar-refractivity contribution in [3.05, 3.63) is 52.8 Å². The lowest BCUT2D eigenvalue weighted by Gasteiger charge is -2.13. The Hall–Kier alpha value is -2.96. The fourth-order valence-electron chi connectivity index (χ4n) is 2.51. The van der Waals surface area contributed by atoms with E-state index in [4.69, 9.17) is 5.11 Å². The summed E-state index contributed by atoms with van der Waals surface area (Å²) in [6, 6.07) is 8.13. The Morgan fingerprint density at radius 3 is 2.27 bits per heavy atom. The van der Waals surface area contributed by atoms with Crippen molar-refractivity contribution in [2.75, 3.05) is 6.54 Å². The maximum atomic E-state index is 12.2. The molecule has 1 aromatic carbocycles. The predicted octanol–water partition coefficient (Wildman–Crippen LogP) is 0.957. The monoisotopic (exact) mass is 299 g/mol. The van der Waals surface area contributed by atoms with Gasteiger partial charge in [0.15, 0.2) is 5.69 Å². The van der Waals surface area contributed by atoms with Gasteiger partial charge in [0.1, 0.15) is 0 Å². The van der Waals surface area contributed by atoms with Gasteiger partial charge in [-0.25, -0.2) is 4.79 Å². The van der Waals surface area contributed by atoms with Crippen molar-refractivity contribution < 1.29 is 19.5 Å². The molecule has 0 atom stereocenters. The number of carbonyl (C=O) groups is 3. The van der Waals surface area contributed by atoms with E-state index in [0.29, 0.717) is 23.2 Å². The normalized spacial score (nSPS) is 13.6. The number of amides is 2. The molecule has 2 aromatic rings. The SMILES string of the molecule is Cn1nc(C(=O)O)cc1CCN1C(=O)c2ccccc2C1=O. The number of carboxylic acid groups (broad SMARTS) is 1. The largest absolute Gasteiger partial charge is 0.476 e. The summed E-state index contributed by atoms with van der Waals surface area (Å²) in [5, 5.41) is 12.8. The number of nitrogens with zero attached hydrogens (tertiary/aromatic N) is 3. The van der Waals surface area contributed by atoms with Gasteiger partial charge in [-0.15, -0.1) is 0 Å². The third kappa shape index (κ3) is 2.16. The third-order valence-corrected chi connectivity index (χ3v) is 3.67. The summed E-state index contributed by atoms with van der Waals surface area (Å²) in [5.41, 5.74) is 1.40. The van der Waals surface area contributed by atoms with Crippen LogP contribution in [0, 0.1) is 0 Å². The van der Waals surface area contributed by atoms with Crippen LogP contribution in [0.4, 0.5) is 0 Å². The average molecular weight is 299 g/mol. The van der Waals surface area contributed by atoms with E-state index in [-0.39, 0.29) is 24.1 Å². The lowest BCUT2D eigenvalue weighted by atomic mass is 10.1. The summed E-state index contributed by atoms with van der Waals surface area (Å²) in [5.74, 6) is -1.75. The second-order valence-electron chi connectivity index (χ2n) is 5.01. The Bertz CT molecular complexity index is 759. The lowest BCUT2D eigenvalue weighted by Crippen LogP contribution is -2.32. The van der Waals surface area contributed by atoms with E-state index in [1.54, 1.807) is 31.3 Å². The van der Waals surface area contributed by atoms with Crippen molar-refractivity contribution in [3.63, 3.8) is 0 Å². The van der Waals surface area contributed by atoms with Gasteiger partial charge in [-0.2, -0.15) is 5.10 Å². The number of carbonyl (C=O) groups excluding carboxylic acids is 2. The minimum absolute atomic E-state index is 0.0557. The zero-order chi connectivity index (χ0) is 15.9. The molecule has 2 amide bonds. The Morgan fingerprint density at radius 1 is 1.18 bits per heavy atom. The molecule has 0 bridgehead atoms. The molecule has 0 radical (unpaired) electrons. The fraction of sp³-hybridized carbons (Fsp3) is 0.200. The summed E-state index contributed by atoms with van der Waals surface area (Å²) in [6.45, 7) is 0.185. The van der Waals surface area contributed by atoms with Crippen molar-refractivity contribution in [1.29, 1.82) is 0 Å². The number of benzene rings is 1. The average Bonchev–Trinajstić information content (AvgIpc) is 2.98. The molecule has 0 unspecified atom stereocenters. The maximum absolute atomic E-state index is 12.2. The number of imide groups is 1. The van der Waals surface area contributed by atoms with Gasteiger partial charge in [0.2, 0.25) is 0 Å². The number of carboxylic acids is 1. The van der Waals surface area contributed by atoms with Crippen LogP contribution < -0.4 is 0 Å². The summed E-state index contributed by atoms with van der Waals surface area (Å²) in [6.07, 6.45) is 0.349. The predicted molar refractivity (Wildman–Crippen MR) is 75.7 cm³/mol. The smallest absolute Gasteiger partial charge is 0.356 e. The first-order chi connectivity index (χ1) is 10.5. The number of aromatic nitrogens is 2. The summed E-state index contributed by atoms with van der Waals surface area (Å²) < 4.78 is 1.45. The highest BCUT2D eigenvalue weighted by Crippen LogP contribution is 2.22. The summed E-state index contributed by atoms with van der Waals surface area (Å²) in [7, 11) is 1.63. The first-order valence-electron chi connectivity index (χ1n) is 6.70. The molecule has 1 aromatic heterocycles. The fourth-order valence-corrected chi connectivity index (χ4v) is 2.51. The van der Waals surface area contributed by atoms with Gasteiger partial charge < -0.3 is 5.11 Å². The van der Waals surface area contributed by atoms with E-state index in [1.807, 2.05) is 0 Å². The Labute approximate surface area is 125 Å². The lowest BCUT2D eigenvalue weighted by molar-refractivity contribution is 0.0651. The minimum atomic E-state index is -1.11. The van der Waals surface area contributed by atoms with E-state index in [0.717, 1.165) is 0 Å². The first kappa shape index (κ1) is 14.0. The quantitative estimate of drug-likeness (QED) is 0.849. The van der Waals surface area contributed by atoms with Crippen molar-refractivity contribution in [1.82, 2.24) is 14.7 Å². The molecule has 0 saturated carbocycles. The molecular weight excluding hydrogens is 286 g/mol. The van der Waals surface area contributed by atoms with E-state index < -0.39 is 5.97 Å². The molecular formula is C15H13N3O4. The van der Waals surface area contributed by atoms with Crippen LogP contribution in [0.25, 0.3) is 0 Å². The highest BCUT2D eigenvalue weighted by atomic mass is 16.4. The van der Waals surface area contributed by atoms with Gasteiger partial charge in [-0.1, -0.05) is 12.1 Å². The van der Waals surface area contributed by atoms with Crippen molar-refractivity contribution in [2.45, 2.75) is 6.42 Å². The topological polar surface area (TPSA) is 92.5 Å². The van der Waals surface area contributed by atoms with Gasteiger partial charge in [0, 0.05) is 25.7 Å². The molecule has 0 aliphatic carbocycles. The van der Waals surface area contributed by atoms with Crippen molar-refractivity contribution in [3.8, 4) is 0 Å². The van der Waals surface area contributed by atoms with Crippen LogP contribution >= 0.6 is 0 Å². The van der Waals surface area contributed by atoms with Crippen LogP contribution in [0.15, 0.2) is 30.3 Å². The zero-order valence-corrected chi connectivity index (χ0v) is 11.8. The van der Waals surface area contributed by atoms with E-state index in [9.17, 15) is 14.4 Å². The first-order valence-corrected chi connectivity index (χ1v) is 6.70. The van der Waals surface area contributed by atoms with Gasteiger partial charge in [-0.3, -0.25) is 19.2 Å². The molecule has 1 N–H and O–H groups in total. The number of hydrogen-bond donors (Lipinski definition) is 1. The Balaban J connectivity index is 1.77. The van der Waals surface area contributed by atoms with E-state index in [1.165, 1.54) is 15.6 Å². The van der Waals surface area contributed by atoms with E-state index in [2.05, 4.69) is 5.10 Å². The Kier molecular flexibility index (Phi) is 3.25. The van der Waals surface area contributed by atoms with Crippen LogP contribution in [-0.2, 0) is 13.5 Å². The molecule has 0 fully saturated rings. The third-order valence-electron chi connectivity index (χ3n) is 3.67. The molecule has 7 nitrogen and oxygen atoms in total. The van der Waals surface area contributed by atoms with Crippen LogP contribution in [0.2, 0.25) is 0 Å². The molecule has 0 saturated heterocycles. The molecule has 2 heterocycles. The minimum Gasteiger partial charge on any atom is -0.476 e. The molecule has 3 rings (SSSR count). The van der Waals surface area contributed by atoms with Gasteiger partial charge >= 0.3 is 5.97 Å². The number of fused-ring (bicyclic) bond motifs is 1. The second-order valence-corrected chi connectivity index (χ2v) is 5.01. The van der Waals surface area contributed by atoms with Crippen molar-refractivity contribution in [2.24, 2.45) is 7.05 Å². The Morgan fingerprint density at radius 2 is 1.77 bits per heavy atom. The second kappa shape index (κ2) is 5.10.